The summed E-state index contributed by atoms with van der Waals surface area (Å²) in [6, 6.07) is 14.3. The van der Waals surface area contributed by atoms with Gasteiger partial charge in [0.25, 0.3) is 0 Å². The molecule has 3 atom stereocenters. The Morgan fingerprint density at radius 1 is 1.14 bits per heavy atom. The number of amides is 1. The number of hydrogen-bond donors (Lipinski definition) is 1. The third kappa shape index (κ3) is 3.79. The van der Waals surface area contributed by atoms with Gasteiger partial charge in [0, 0.05) is 22.0 Å². The van der Waals surface area contributed by atoms with Crippen LogP contribution < -0.4 is 4.74 Å². The smallest absolute Gasteiger partial charge is 0.411 e. The molecule has 1 aromatic heterocycles. The summed E-state index contributed by atoms with van der Waals surface area (Å²) in [4.78, 5) is 23.6. The molecule has 1 N–H and O–H groups in total. The topological polar surface area (TPSA) is 67.5 Å². The highest BCUT2D eigenvalue weighted by molar-refractivity contribution is 6.30. The van der Waals surface area contributed by atoms with Crippen molar-refractivity contribution >= 4 is 39.5 Å². The number of fused-ring (bicyclic) bond motifs is 6. The van der Waals surface area contributed by atoms with Gasteiger partial charge in [0.2, 0.25) is 0 Å². The highest BCUT2D eigenvalue weighted by atomic mass is 35.5. The van der Waals surface area contributed by atoms with Crippen molar-refractivity contribution in [1.29, 1.82) is 0 Å². The summed E-state index contributed by atoms with van der Waals surface area (Å²) < 4.78 is 11.8. The molecular formula is C29H30ClN3O3. The van der Waals surface area contributed by atoms with E-state index in [0.29, 0.717) is 17.5 Å². The first-order chi connectivity index (χ1) is 17.1. The Hall–Kier alpha value is -3.25. The van der Waals surface area contributed by atoms with Gasteiger partial charge in [-0.2, -0.15) is 0 Å². The quantitative estimate of drug-likeness (QED) is 0.290. The minimum atomic E-state index is -0.553. The van der Waals surface area contributed by atoms with E-state index in [1.54, 1.807) is 0 Å². The zero-order chi connectivity index (χ0) is 25.4. The molecule has 6 rings (SSSR count). The maximum atomic E-state index is 13.2. The fourth-order valence-electron chi connectivity index (χ4n) is 5.50. The van der Waals surface area contributed by atoms with E-state index in [0.717, 1.165) is 56.5 Å². The lowest BCUT2D eigenvalue weighted by atomic mass is 9.93. The Labute approximate surface area is 215 Å². The minimum absolute atomic E-state index is 0.0625. The highest BCUT2D eigenvalue weighted by Crippen LogP contribution is 2.43. The van der Waals surface area contributed by atoms with E-state index in [-0.39, 0.29) is 18.2 Å². The summed E-state index contributed by atoms with van der Waals surface area (Å²) in [5, 5.41) is 2.84. The third-order valence-corrected chi connectivity index (χ3v) is 7.68. The van der Waals surface area contributed by atoms with E-state index in [1.807, 2.05) is 43.9 Å². The lowest BCUT2D eigenvalue weighted by molar-refractivity contribution is 0.0140. The molecule has 186 valence electrons. The molecule has 0 spiro atoms. The van der Waals surface area contributed by atoms with Crippen LogP contribution >= 0.6 is 11.6 Å². The lowest BCUT2D eigenvalue weighted by Gasteiger charge is -2.31. The number of ether oxygens (including phenoxy) is 2. The predicted octanol–water partition coefficient (Wildman–Crippen LogP) is 7.64. The second kappa shape index (κ2) is 8.13. The highest BCUT2D eigenvalue weighted by Gasteiger charge is 2.43. The molecule has 1 fully saturated rings. The standard InChI is InChI=1S/C29H30ClN3O3/c1-15-10-24(33(16(15)2)28(34)36-29(3,4)5)27-31-23-9-6-17-11-21-18(12-22(17)26(23)32-27)14-35-25-13-19(30)7-8-20(21)25/h6-9,11-13,15-16,24H,10,14H2,1-5H3,(H,31,32)/t15-,16-,24?/m1/s1. The van der Waals surface area contributed by atoms with Crippen LogP contribution in [-0.4, -0.2) is 32.6 Å². The Kier molecular flexibility index (Phi) is 5.23. The van der Waals surface area contributed by atoms with E-state index >= 15 is 0 Å². The third-order valence-electron chi connectivity index (χ3n) is 7.44. The molecule has 3 heterocycles. The monoisotopic (exact) mass is 503 g/mol. The lowest BCUT2D eigenvalue weighted by Crippen LogP contribution is -2.41. The average molecular weight is 504 g/mol. The number of hydrogen-bond acceptors (Lipinski definition) is 4. The molecule has 4 aromatic rings. The fraction of sp³-hybridized carbons (Fsp3) is 0.379. The molecular weight excluding hydrogens is 474 g/mol. The SMILES string of the molecule is C[C@@H]1CC(c2nc3c(ccc4cc5c(cc43)COc3cc(Cl)ccc3-5)[nH]2)N(C(=O)OC(C)(C)C)[C@@H]1C. The van der Waals surface area contributed by atoms with Gasteiger partial charge in [-0.15, -0.1) is 0 Å². The van der Waals surface area contributed by atoms with Gasteiger partial charge in [0.05, 0.1) is 17.1 Å². The number of likely N-dealkylation sites (tertiary alicyclic amines) is 1. The summed E-state index contributed by atoms with van der Waals surface area (Å²) in [6.07, 6.45) is 0.542. The second-order valence-electron chi connectivity index (χ2n) is 11.1. The molecule has 2 aliphatic heterocycles. The van der Waals surface area contributed by atoms with E-state index in [4.69, 9.17) is 26.1 Å². The van der Waals surface area contributed by atoms with Crippen LogP contribution in [0.4, 0.5) is 4.79 Å². The first-order valence-corrected chi connectivity index (χ1v) is 12.9. The number of imidazole rings is 1. The van der Waals surface area contributed by atoms with Crippen molar-refractivity contribution in [2.24, 2.45) is 5.92 Å². The van der Waals surface area contributed by atoms with Gasteiger partial charge in [-0.1, -0.05) is 24.6 Å². The molecule has 0 bridgehead atoms. The van der Waals surface area contributed by atoms with Gasteiger partial charge in [0.15, 0.2) is 0 Å². The van der Waals surface area contributed by atoms with Crippen molar-refractivity contribution in [2.45, 2.75) is 65.3 Å². The maximum absolute atomic E-state index is 13.2. The first-order valence-electron chi connectivity index (χ1n) is 12.5. The molecule has 1 saturated heterocycles. The molecule has 0 saturated carbocycles. The van der Waals surface area contributed by atoms with Crippen molar-refractivity contribution in [1.82, 2.24) is 14.9 Å². The Morgan fingerprint density at radius 3 is 2.72 bits per heavy atom. The molecule has 2 aliphatic rings. The molecule has 1 amide bonds. The normalized spacial score (nSPS) is 21.4. The number of carbonyl (C=O) groups is 1. The average Bonchev–Trinajstić information content (AvgIpc) is 3.37. The summed E-state index contributed by atoms with van der Waals surface area (Å²) in [7, 11) is 0. The number of aromatic nitrogens is 2. The Morgan fingerprint density at radius 2 is 1.94 bits per heavy atom. The van der Waals surface area contributed by atoms with Crippen LogP contribution in [-0.2, 0) is 11.3 Å². The van der Waals surface area contributed by atoms with Crippen LogP contribution in [0.15, 0.2) is 42.5 Å². The number of H-pyrrole nitrogens is 1. The van der Waals surface area contributed by atoms with Crippen LogP contribution in [0.2, 0.25) is 5.02 Å². The number of benzene rings is 3. The van der Waals surface area contributed by atoms with Crippen molar-refractivity contribution in [3.8, 4) is 16.9 Å². The zero-order valence-electron chi connectivity index (χ0n) is 21.2. The van der Waals surface area contributed by atoms with Gasteiger partial charge >= 0.3 is 6.09 Å². The molecule has 1 unspecified atom stereocenters. The van der Waals surface area contributed by atoms with Crippen molar-refractivity contribution in [2.75, 3.05) is 0 Å². The van der Waals surface area contributed by atoms with E-state index < -0.39 is 5.60 Å². The van der Waals surface area contributed by atoms with Gasteiger partial charge < -0.3 is 14.5 Å². The van der Waals surface area contributed by atoms with Crippen LogP contribution in [0.5, 0.6) is 5.75 Å². The molecule has 3 aromatic carbocycles. The van der Waals surface area contributed by atoms with Crippen molar-refractivity contribution in [3.05, 3.63) is 58.9 Å². The summed E-state index contributed by atoms with van der Waals surface area (Å²) >= 11 is 6.18. The van der Waals surface area contributed by atoms with E-state index in [1.165, 1.54) is 0 Å². The largest absolute Gasteiger partial charge is 0.488 e. The zero-order valence-corrected chi connectivity index (χ0v) is 21.9. The summed E-state index contributed by atoms with van der Waals surface area (Å²) in [6.45, 7) is 10.4. The van der Waals surface area contributed by atoms with Crippen molar-refractivity contribution < 1.29 is 14.3 Å². The van der Waals surface area contributed by atoms with Gasteiger partial charge in [-0.25, -0.2) is 9.78 Å². The van der Waals surface area contributed by atoms with Crippen molar-refractivity contribution in [3.63, 3.8) is 0 Å². The fourth-order valence-corrected chi connectivity index (χ4v) is 5.66. The molecule has 7 heteroatoms. The Balaban J connectivity index is 1.43. The molecule has 0 aliphatic carbocycles. The summed E-state index contributed by atoms with van der Waals surface area (Å²) in [5.41, 5.74) is 4.63. The number of carbonyl (C=O) groups excluding carboxylic acids is 1. The summed E-state index contributed by atoms with van der Waals surface area (Å²) in [5.74, 6) is 1.95. The number of halogens is 1. The number of rotatable bonds is 1. The first kappa shape index (κ1) is 23.2. The maximum Gasteiger partial charge on any atom is 0.411 e. The van der Waals surface area contributed by atoms with Crippen LogP contribution in [0, 0.1) is 5.92 Å². The molecule has 6 nitrogen and oxygen atoms in total. The van der Waals surface area contributed by atoms with E-state index in [9.17, 15) is 4.79 Å². The minimum Gasteiger partial charge on any atom is -0.488 e. The number of nitrogens with one attached hydrogen (secondary N) is 1. The van der Waals surface area contributed by atoms with Crippen LogP contribution in [0.1, 0.15) is 58.5 Å². The molecule has 36 heavy (non-hydrogen) atoms. The van der Waals surface area contributed by atoms with E-state index in [2.05, 4.69) is 43.1 Å². The van der Waals surface area contributed by atoms with Gasteiger partial charge in [-0.3, -0.25) is 4.90 Å². The van der Waals surface area contributed by atoms with Gasteiger partial charge in [-0.05, 0) is 92.9 Å². The molecule has 0 radical (unpaired) electrons. The number of aromatic amines is 1. The number of nitrogens with zero attached hydrogens (tertiary/aromatic N) is 2. The predicted molar refractivity (Wildman–Crippen MR) is 142 cm³/mol. The Bertz CT molecular complexity index is 1520. The second-order valence-corrected chi connectivity index (χ2v) is 11.5. The van der Waals surface area contributed by atoms with Crippen LogP contribution in [0.3, 0.4) is 0 Å². The van der Waals surface area contributed by atoms with Crippen LogP contribution in [0.25, 0.3) is 32.9 Å². The van der Waals surface area contributed by atoms with Gasteiger partial charge in [0.1, 0.15) is 23.8 Å².